The van der Waals surface area contributed by atoms with Crippen LogP contribution >= 0.6 is 0 Å². The fourth-order valence-corrected chi connectivity index (χ4v) is 3.02. The lowest BCUT2D eigenvalue weighted by molar-refractivity contribution is 0.0755. The predicted molar refractivity (Wildman–Crippen MR) is 99.2 cm³/mol. The van der Waals surface area contributed by atoms with Crippen molar-refractivity contribution in [2.45, 2.75) is 25.7 Å². The van der Waals surface area contributed by atoms with Crippen LogP contribution < -0.4 is 14.8 Å². The average molecular weight is 356 g/mol. The Hall–Kier alpha value is -2.83. The molecule has 0 aliphatic carbocycles. The second-order valence-electron chi connectivity index (χ2n) is 6.17. The molecule has 0 saturated carbocycles. The number of rotatable bonds is 5. The molecule has 138 valence electrons. The summed E-state index contributed by atoms with van der Waals surface area (Å²) >= 11 is 0. The number of ether oxygens (including phenoxy) is 2. The van der Waals surface area contributed by atoms with Gasteiger partial charge in [-0.3, -0.25) is 4.79 Å². The van der Waals surface area contributed by atoms with Crippen LogP contribution in [0.1, 0.15) is 36.2 Å². The smallest absolute Gasteiger partial charge is 0.272 e. The summed E-state index contributed by atoms with van der Waals surface area (Å²) in [6.07, 6.45) is 6.06. The lowest BCUT2D eigenvalue weighted by Gasteiger charge is -2.19. The number of amides is 1. The lowest BCUT2D eigenvalue weighted by atomic mass is 10.2. The maximum Gasteiger partial charge on any atom is 0.272 e. The third-order valence-electron chi connectivity index (χ3n) is 4.41. The summed E-state index contributed by atoms with van der Waals surface area (Å²) < 4.78 is 10.5. The fraction of sp³-hybridized carbons (Fsp3) is 0.421. The molecule has 3 rings (SSSR count). The Morgan fingerprint density at radius 2 is 1.77 bits per heavy atom. The highest BCUT2D eigenvalue weighted by molar-refractivity contribution is 5.92. The van der Waals surface area contributed by atoms with Crippen LogP contribution in [0.3, 0.4) is 0 Å². The molecule has 1 amide bonds. The predicted octanol–water partition coefficient (Wildman–Crippen LogP) is 3.25. The summed E-state index contributed by atoms with van der Waals surface area (Å²) in [6.45, 7) is 1.59. The van der Waals surface area contributed by atoms with Crippen molar-refractivity contribution >= 4 is 17.5 Å². The van der Waals surface area contributed by atoms with Gasteiger partial charge in [-0.05, 0) is 31.0 Å². The van der Waals surface area contributed by atoms with Crippen molar-refractivity contribution in [1.29, 1.82) is 0 Å². The SMILES string of the molecule is COc1ccc(Nc2nccc(C(=O)N3CCCCCC3)n2)cc1OC. The molecule has 7 heteroatoms. The van der Waals surface area contributed by atoms with E-state index < -0.39 is 0 Å². The van der Waals surface area contributed by atoms with Gasteiger partial charge in [-0.15, -0.1) is 0 Å². The van der Waals surface area contributed by atoms with Gasteiger partial charge in [0.2, 0.25) is 5.95 Å². The Morgan fingerprint density at radius 3 is 2.46 bits per heavy atom. The molecule has 1 aromatic heterocycles. The maximum atomic E-state index is 12.7. The summed E-state index contributed by atoms with van der Waals surface area (Å²) in [5, 5.41) is 3.11. The van der Waals surface area contributed by atoms with Gasteiger partial charge in [0.1, 0.15) is 5.69 Å². The summed E-state index contributed by atoms with van der Waals surface area (Å²) in [6, 6.07) is 7.10. The molecular weight excluding hydrogens is 332 g/mol. The van der Waals surface area contributed by atoms with Gasteiger partial charge in [0.15, 0.2) is 11.5 Å². The Kier molecular flexibility index (Phi) is 5.88. The van der Waals surface area contributed by atoms with E-state index in [-0.39, 0.29) is 5.91 Å². The van der Waals surface area contributed by atoms with Gasteiger partial charge >= 0.3 is 0 Å². The minimum atomic E-state index is -0.0374. The molecule has 7 nitrogen and oxygen atoms in total. The highest BCUT2D eigenvalue weighted by Crippen LogP contribution is 2.30. The number of hydrogen-bond donors (Lipinski definition) is 1. The molecule has 26 heavy (non-hydrogen) atoms. The zero-order valence-corrected chi connectivity index (χ0v) is 15.2. The largest absolute Gasteiger partial charge is 0.493 e. The number of hydrogen-bond acceptors (Lipinski definition) is 6. The van der Waals surface area contributed by atoms with Gasteiger partial charge in [0.25, 0.3) is 5.91 Å². The van der Waals surface area contributed by atoms with E-state index in [1.54, 1.807) is 38.6 Å². The van der Waals surface area contributed by atoms with Gasteiger partial charge < -0.3 is 19.7 Å². The molecule has 0 atom stereocenters. The third kappa shape index (κ3) is 4.22. The number of nitrogens with one attached hydrogen (secondary N) is 1. The topological polar surface area (TPSA) is 76.6 Å². The van der Waals surface area contributed by atoms with Crippen LogP contribution in [0.5, 0.6) is 11.5 Å². The standard InChI is InChI=1S/C19H24N4O3/c1-25-16-8-7-14(13-17(16)26-2)21-19-20-10-9-15(22-19)18(24)23-11-5-3-4-6-12-23/h7-10,13H,3-6,11-12H2,1-2H3,(H,20,21,22). The lowest BCUT2D eigenvalue weighted by Crippen LogP contribution is -2.32. The van der Waals surface area contributed by atoms with Crippen LogP contribution in [0.4, 0.5) is 11.6 Å². The zero-order chi connectivity index (χ0) is 18.4. The van der Waals surface area contributed by atoms with Crippen LogP contribution in [-0.2, 0) is 0 Å². The van der Waals surface area contributed by atoms with E-state index in [0.717, 1.165) is 31.6 Å². The number of methoxy groups -OCH3 is 2. The first-order valence-electron chi connectivity index (χ1n) is 8.82. The minimum absolute atomic E-state index is 0.0374. The first-order chi connectivity index (χ1) is 12.7. The molecule has 1 aliphatic rings. The number of benzene rings is 1. The molecule has 0 spiro atoms. The zero-order valence-electron chi connectivity index (χ0n) is 15.2. The average Bonchev–Trinajstić information content (AvgIpc) is 2.97. The van der Waals surface area contributed by atoms with E-state index in [1.807, 2.05) is 11.0 Å². The van der Waals surface area contributed by atoms with E-state index in [4.69, 9.17) is 9.47 Å². The molecule has 0 radical (unpaired) electrons. The monoisotopic (exact) mass is 356 g/mol. The van der Waals surface area contributed by atoms with E-state index >= 15 is 0 Å². The number of nitrogens with zero attached hydrogens (tertiary/aromatic N) is 3. The van der Waals surface area contributed by atoms with Crippen LogP contribution in [-0.4, -0.2) is 48.1 Å². The number of likely N-dealkylation sites (tertiary alicyclic amines) is 1. The molecule has 1 aromatic carbocycles. The molecule has 1 saturated heterocycles. The first-order valence-corrected chi connectivity index (χ1v) is 8.82. The Balaban J connectivity index is 1.76. The molecule has 1 fully saturated rings. The van der Waals surface area contributed by atoms with E-state index in [1.165, 1.54) is 12.8 Å². The summed E-state index contributed by atoms with van der Waals surface area (Å²) in [7, 11) is 3.17. The highest BCUT2D eigenvalue weighted by Gasteiger charge is 2.19. The van der Waals surface area contributed by atoms with Crippen LogP contribution in [0.15, 0.2) is 30.5 Å². The summed E-state index contributed by atoms with van der Waals surface area (Å²) in [4.78, 5) is 23.2. The Bertz CT molecular complexity index is 758. The van der Waals surface area contributed by atoms with Crippen molar-refractivity contribution < 1.29 is 14.3 Å². The second-order valence-corrected chi connectivity index (χ2v) is 6.17. The molecule has 1 N–H and O–H groups in total. The van der Waals surface area contributed by atoms with Crippen molar-refractivity contribution in [3.8, 4) is 11.5 Å². The van der Waals surface area contributed by atoms with Crippen LogP contribution in [0, 0.1) is 0 Å². The molecule has 2 aromatic rings. The van der Waals surface area contributed by atoms with Crippen LogP contribution in [0.25, 0.3) is 0 Å². The number of carbonyl (C=O) groups is 1. The van der Waals surface area contributed by atoms with Gasteiger partial charge in [-0.2, -0.15) is 0 Å². The van der Waals surface area contributed by atoms with Crippen molar-refractivity contribution in [2.75, 3.05) is 32.6 Å². The molecule has 1 aliphatic heterocycles. The molecule has 2 heterocycles. The number of anilines is 2. The van der Waals surface area contributed by atoms with Gasteiger partial charge in [0, 0.05) is 31.0 Å². The van der Waals surface area contributed by atoms with Crippen molar-refractivity contribution in [3.63, 3.8) is 0 Å². The summed E-state index contributed by atoms with van der Waals surface area (Å²) in [5.74, 6) is 1.58. The molecule has 0 bridgehead atoms. The first kappa shape index (κ1) is 18.0. The molecular formula is C19H24N4O3. The fourth-order valence-electron chi connectivity index (χ4n) is 3.02. The van der Waals surface area contributed by atoms with Gasteiger partial charge in [0.05, 0.1) is 14.2 Å². The minimum Gasteiger partial charge on any atom is -0.493 e. The van der Waals surface area contributed by atoms with E-state index in [0.29, 0.717) is 23.1 Å². The highest BCUT2D eigenvalue weighted by atomic mass is 16.5. The summed E-state index contributed by atoms with van der Waals surface area (Å²) in [5.41, 5.74) is 1.16. The quantitative estimate of drug-likeness (QED) is 0.886. The molecule has 0 unspecified atom stereocenters. The maximum absolute atomic E-state index is 12.7. The van der Waals surface area contributed by atoms with Gasteiger partial charge in [-0.25, -0.2) is 9.97 Å². The Labute approximate surface area is 153 Å². The third-order valence-corrected chi connectivity index (χ3v) is 4.41. The van der Waals surface area contributed by atoms with E-state index in [2.05, 4.69) is 15.3 Å². The van der Waals surface area contributed by atoms with Crippen molar-refractivity contribution in [2.24, 2.45) is 0 Å². The Morgan fingerprint density at radius 1 is 1.04 bits per heavy atom. The van der Waals surface area contributed by atoms with Crippen LogP contribution in [0.2, 0.25) is 0 Å². The second kappa shape index (κ2) is 8.51. The van der Waals surface area contributed by atoms with Crippen molar-refractivity contribution in [3.05, 3.63) is 36.2 Å². The van der Waals surface area contributed by atoms with E-state index in [9.17, 15) is 4.79 Å². The normalized spacial score (nSPS) is 14.5. The number of aromatic nitrogens is 2. The number of carbonyl (C=O) groups excluding carboxylic acids is 1. The van der Waals surface area contributed by atoms with Gasteiger partial charge in [-0.1, -0.05) is 12.8 Å². The van der Waals surface area contributed by atoms with Crippen molar-refractivity contribution in [1.82, 2.24) is 14.9 Å².